The molecule has 1 unspecified atom stereocenters. The summed E-state index contributed by atoms with van der Waals surface area (Å²) in [6.07, 6.45) is 10.3. The van der Waals surface area contributed by atoms with E-state index in [0.29, 0.717) is 6.61 Å². The average molecular weight is 332 g/mol. The largest absolute Gasteiger partial charge is 0.369 e. The monoisotopic (exact) mass is 332 g/mol. The Kier molecular flexibility index (Phi) is 4.85. The summed E-state index contributed by atoms with van der Waals surface area (Å²) in [7, 11) is 0. The van der Waals surface area contributed by atoms with E-state index >= 15 is 0 Å². The lowest BCUT2D eigenvalue weighted by Crippen LogP contribution is -2.42. The Morgan fingerprint density at radius 1 is 1.25 bits per heavy atom. The number of rotatable bonds is 6. The number of imidazole rings is 1. The fraction of sp³-hybridized carbons (Fsp3) is 0.778. The summed E-state index contributed by atoms with van der Waals surface area (Å²) in [6, 6.07) is 0.266. The summed E-state index contributed by atoms with van der Waals surface area (Å²) in [6.45, 7) is 5.76. The van der Waals surface area contributed by atoms with Crippen molar-refractivity contribution in [3.05, 3.63) is 18.2 Å². The Morgan fingerprint density at radius 3 is 2.83 bits per heavy atom. The lowest BCUT2D eigenvalue weighted by molar-refractivity contribution is -0.135. The molecule has 2 aliphatic heterocycles. The van der Waals surface area contributed by atoms with Gasteiger partial charge in [-0.1, -0.05) is 6.42 Å². The fourth-order valence-electron chi connectivity index (χ4n) is 4.12. The molecule has 0 radical (unpaired) electrons. The van der Waals surface area contributed by atoms with E-state index in [1.54, 1.807) is 0 Å². The minimum Gasteiger partial charge on any atom is -0.369 e. The van der Waals surface area contributed by atoms with Gasteiger partial charge in [0.15, 0.2) is 0 Å². The molecule has 3 aliphatic rings. The standard InChI is InChI=1S/C18H28N4O2/c23-18(21-6-1-2-7-21)13-24-12-17-11-20(9-15-4-3-5-15)10-16-8-19-14-22(16)17/h8,14-15,17H,1-7,9-13H2. The average Bonchev–Trinajstić information content (AvgIpc) is 3.22. The smallest absolute Gasteiger partial charge is 0.248 e. The second kappa shape index (κ2) is 7.23. The number of fused-ring (bicyclic) bond motifs is 1. The van der Waals surface area contributed by atoms with Crippen molar-refractivity contribution in [3.63, 3.8) is 0 Å². The van der Waals surface area contributed by atoms with E-state index in [0.717, 1.165) is 44.9 Å². The Balaban J connectivity index is 1.30. The normalized spacial score (nSPS) is 24.8. The van der Waals surface area contributed by atoms with Crippen LogP contribution in [0.25, 0.3) is 0 Å². The van der Waals surface area contributed by atoms with E-state index in [1.807, 2.05) is 17.4 Å². The first-order valence-corrected chi connectivity index (χ1v) is 9.38. The predicted molar refractivity (Wildman–Crippen MR) is 90.5 cm³/mol. The van der Waals surface area contributed by atoms with Crippen molar-refractivity contribution < 1.29 is 9.53 Å². The van der Waals surface area contributed by atoms with E-state index in [9.17, 15) is 4.79 Å². The van der Waals surface area contributed by atoms with Crippen molar-refractivity contribution >= 4 is 5.91 Å². The Labute approximate surface area is 143 Å². The van der Waals surface area contributed by atoms with Crippen LogP contribution in [0.2, 0.25) is 0 Å². The van der Waals surface area contributed by atoms with Gasteiger partial charge in [0.1, 0.15) is 6.61 Å². The van der Waals surface area contributed by atoms with Crippen LogP contribution in [0.1, 0.15) is 43.8 Å². The zero-order valence-corrected chi connectivity index (χ0v) is 14.4. The molecule has 6 nitrogen and oxygen atoms in total. The number of ether oxygens (including phenoxy) is 1. The number of hydrogen-bond donors (Lipinski definition) is 0. The van der Waals surface area contributed by atoms with Gasteiger partial charge >= 0.3 is 0 Å². The molecule has 1 saturated carbocycles. The Morgan fingerprint density at radius 2 is 2.08 bits per heavy atom. The topological polar surface area (TPSA) is 50.6 Å². The van der Waals surface area contributed by atoms with Gasteiger partial charge in [-0.3, -0.25) is 9.69 Å². The fourth-order valence-corrected chi connectivity index (χ4v) is 4.12. The number of nitrogens with zero attached hydrogens (tertiary/aromatic N) is 4. The number of hydrogen-bond acceptors (Lipinski definition) is 4. The maximum absolute atomic E-state index is 12.1. The van der Waals surface area contributed by atoms with E-state index < -0.39 is 0 Å². The molecule has 1 atom stereocenters. The first-order chi connectivity index (χ1) is 11.8. The summed E-state index contributed by atoms with van der Waals surface area (Å²) >= 11 is 0. The minimum absolute atomic E-state index is 0.139. The zero-order valence-electron chi connectivity index (χ0n) is 14.4. The number of amides is 1. The molecular weight excluding hydrogens is 304 g/mol. The van der Waals surface area contributed by atoms with E-state index in [-0.39, 0.29) is 18.6 Å². The molecule has 6 heteroatoms. The van der Waals surface area contributed by atoms with E-state index in [4.69, 9.17) is 4.74 Å². The highest BCUT2D eigenvalue weighted by atomic mass is 16.5. The summed E-state index contributed by atoms with van der Waals surface area (Å²) < 4.78 is 8.03. The lowest BCUT2D eigenvalue weighted by Gasteiger charge is -2.38. The summed E-state index contributed by atoms with van der Waals surface area (Å²) in [4.78, 5) is 20.9. The Hall–Kier alpha value is -1.40. The molecule has 1 saturated heterocycles. The van der Waals surface area contributed by atoms with Gasteiger partial charge < -0.3 is 14.2 Å². The first-order valence-electron chi connectivity index (χ1n) is 9.38. The van der Waals surface area contributed by atoms with Gasteiger partial charge in [-0.2, -0.15) is 0 Å². The quantitative estimate of drug-likeness (QED) is 0.795. The SMILES string of the molecule is O=C(COCC1CN(CC2CCC2)Cc2cncn21)N1CCCC1. The first kappa shape index (κ1) is 16.1. The molecule has 1 aromatic rings. The van der Waals surface area contributed by atoms with Crippen molar-refractivity contribution in [3.8, 4) is 0 Å². The van der Waals surface area contributed by atoms with E-state index in [2.05, 4.69) is 14.5 Å². The van der Waals surface area contributed by atoms with Crippen LogP contribution in [-0.2, 0) is 16.1 Å². The summed E-state index contributed by atoms with van der Waals surface area (Å²) in [5, 5.41) is 0. The third-order valence-corrected chi connectivity index (χ3v) is 5.73. The molecule has 24 heavy (non-hydrogen) atoms. The van der Waals surface area contributed by atoms with Gasteiger partial charge in [-0.05, 0) is 31.6 Å². The van der Waals surface area contributed by atoms with Gasteiger partial charge in [-0.15, -0.1) is 0 Å². The second-order valence-corrected chi connectivity index (χ2v) is 7.54. The lowest BCUT2D eigenvalue weighted by atomic mass is 9.85. The van der Waals surface area contributed by atoms with E-state index in [1.165, 1.54) is 31.5 Å². The Bertz CT molecular complexity index is 563. The maximum atomic E-state index is 12.1. The highest BCUT2D eigenvalue weighted by molar-refractivity contribution is 5.77. The molecule has 2 fully saturated rings. The van der Waals surface area contributed by atoms with Crippen LogP contribution >= 0.6 is 0 Å². The molecule has 4 rings (SSSR count). The molecular formula is C18H28N4O2. The van der Waals surface area contributed by atoms with Crippen molar-refractivity contribution in [2.24, 2.45) is 5.92 Å². The van der Waals surface area contributed by atoms with Gasteiger partial charge in [0.25, 0.3) is 0 Å². The third kappa shape index (κ3) is 3.49. The molecule has 0 aromatic carbocycles. The molecule has 1 aromatic heterocycles. The molecule has 0 bridgehead atoms. The van der Waals surface area contributed by atoms with Crippen LogP contribution < -0.4 is 0 Å². The number of carbonyl (C=O) groups is 1. The van der Waals surface area contributed by atoms with Crippen molar-refractivity contribution in [1.29, 1.82) is 0 Å². The van der Waals surface area contributed by atoms with Crippen LogP contribution in [0.5, 0.6) is 0 Å². The molecule has 3 heterocycles. The van der Waals surface area contributed by atoms with Crippen molar-refractivity contribution in [2.45, 2.75) is 44.7 Å². The van der Waals surface area contributed by atoms with Crippen LogP contribution in [-0.4, -0.2) is 64.7 Å². The maximum Gasteiger partial charge on any atom is 0.248 e. The summed E-state index contributed by atoms with van der Waals surface area (Å²) in [5.74, 6) is 1.01. The molecule has 1 aliphatic carbocycles. The van der Waals surface area contributed by atoms with Crippen molar-refractivity contribution in [2.75, 3.05) is 39.4 Å². The molecule has 0 N–H and O–H groups in total. The van der Waals surface area contributed by atoms with Gasteiger partial charge in [0.2, 0.25) is 5.91 Å². The number of likely N-dealkylation sites (tertiary alicyclic amines) is 1. The minimum atomic E-state index is 0.139. The van der Waals surface area contributed by atoms with Crippen LogP contribution in [0.4, 0.5) is 0 Å². The van der Waals surface area contributed by atoms with Gasteiger partial charge in [0.05, 0.1) is 24.7 Å². The van der Waals surface area contributed by atoms with Gasteiger partial charge in [-0.25, -0.2) is 4.98 Å². The third-order valence-electron chi connectivity index (χ3n) is 5.73. The summed E-state index contributed by atoms with van der Waals surface area (Å²) in [5.41, 5.74) is 1.26. The zero-order chi connectivity index (χ0) is 16.4. The molecule has 132 valence electrons. The van der Waals surface area contributed by atoms with Crippen LogP contribution in [0.15, 0.2) is 12.5 Å². The number of carbonyl (C=O) groups excluding carboxylic acids is 1. The van der Waals surface area contributed by atoms with Crippen molar-refractivity contribution in [1.82, 2.24) is 19.4 Å². The highest BCUT2D eigenvalue weighted by Gasteiger charge is 2.29. The van der Waals surface area contributed by atoms with Crippen LogP contribution in [0.3, 0.4) is 0 Å². The second-order valence-electron chi connectivity index (χ2n) is 7.54. The van der Waals surface area contributed by atoms with Crippen LogP contribution in [0, 0.1) is 5.92 Å². The molecule has 1 amide bonds. The predicted octanol–water partition coefficient (Wildman–Crippen LogP) is 1.68. The molecule has 0 spiro atoms. The number of aromatic nitrogens is 2. The van der Waals surface area contributed by atoms with Gasteiger partial charge in [0, 0.05) is 38.9 Å². The highest BCUT2D eigenvalue weighted by Crippen LogP contribution is 2.30.